The second kappa shape index (κ2) is 4.84. The van der Waals surface area contributed by atoms with Gasteiger partial charge in [0.25, 0.3) is 0 Å². The largest absolute Gasteiger partial charge is 0.231 e. The molecule has 13 heavy (non-hydrogen) atoms. The van der Waals surface area contributed by atoms with Crippen LogP contribution in [0.25, 0.3) is 5.57 Å². The summed E-state index contributed by atoms with van der Waals surface area (Å²) in [5, 5.41) is 0.738. The van der Waals surface area contributed by atoms with Gasteiger partial charge < -0.3 is 0 Å². The van der Waals surface area contributed by atoms with Crippen LogP contribution in [0.5, 0.6) is 0 Å². The lowest BCUT2D eigenvalue weighted by Crippen LogP contribution is -1.88. The molecule has 0 spiro atoms. The molecule has 0 unspecified atom stereocenters. The van der Waals surface area contributed by atoms with Crippen LogP contribution in [-0.4, -0.2) is 16.2 Å². The van der Waals surface area contributed by atoms with Gasteiger partial charge in [-0.2, -0.15) is 0 Å². The molecule has 0 aliphatic rings. The summed E-state index contributed by atoms with van der Waals surface area (Å²) in [7, 11) is 0. The Kier molecular flexibility index (Phi) is 4.03. The van der Waals surface area contributed by atoms with E-state index in [1.165, 1.54) is 11.8 Å². The normalized spacial score (nSPS) is 9.85. The van der Waals surface area contributed by atoms with Crippen LogP contribution in [0.15, 0.2) is 22.0 Å². The second-order valence-corrected chi connectivity index (χ2v) is 4.07. The fourth-order valence-electron chi connectivity index (χ4n) is 0.724. The van der Waals surface area contributed by atoms with Crippen LogP contribution >= 0.6 is 35.0 Å². The third-order valence-electron chi connectivity index (χ3n) is 1.53. The van der Waals surface area contributed by atoms with Crippen LogP contribution in [0.1, 0.15) is 12.5 Å². The Morgan fingerprint density at radius 3 is 2.23 bits per heavy atom. The van der Waals surface area contributed by atoms with E-state index in [2.05, 4.69) is 9.97 Å². The Hall–Kier alpha value is -0.250. The van der Waals surface area contributed by atoms with Gasteiger partial charge in [-0.1, -0.05) is 35.0 Å². The van der Waals surface area contributed by atoms with Gasteiger partial charge >= 0.3 is 0 Å². The summed E-state index contributed by atoms with van der Waals surface area (Å²) < 4.78 is 0.250. The zero-order chi connectivity index (χ0) is 9.84. The molecule has 0 atom stereocenters. The summed E-state index contributed by atoms with van der Waals surface area (Å²) >= 11 is 12.7. The van der Waals surface area contributed by atoms with E-state index in [0.717, 1.165) is 16.3 Å². The minimum atomic E-state index is 0.250. The first kappa shape index (κ1) is 10.8. The predicted octanol–water partition coefficient (Wildman–Crippen LogP) is 3.36. The zero-order valence-electron chi connectivity index (χ0n) is 7.21. The fourth-order valence-corrected chi connectivity index (χ4v) is 1.26. The van der Waals surface area contributed by atoms with E-state index in [1.807, 2.05) is 13.2 Å². The van der Waals surface area contributed by atoms with Gasteiger partial charge in [0.2, 0.25) is 0 Å². The molecule has 1 aromatic heterocycles. The van der Waals surface area contributed by atoms with Crippen molar-refractivity contribution in [1.82, 2.24) is 9.97 Å². The van der Waals surface area contributed by atoms with Gasteiger partial charge in [0.05, 0.1) is 0 Å². The lowest BCUT2D eigenvalue weighted by Gasteiger charge is -2.00. The fraction of sp³-hybridized carbons (Fsp3) is 0.250. The Labute approximate surface area is 91.4 Å². The minimum absolute atomic E-state index is 0.250. The van der Waals surface area contributed by atoms with Crippen molar-refractivity contribution < 1.29 is 0 Å². The maximum Gasteiger partial charge on any atom is 0.187 e. The van der Waals surface area contributed by atoms with Crippen molar-refractivity contribution in [2.45, 2.75) is 12.1 Å². The second-order valence-electron chi connectivity index (χ2n) is 2.34. The van der Waals surface area contributed by atoms with Gasteiger partial charge in [-0.25, -0.2) is 9.97 Å². The number of thioether (sulfide) groups is 1. The molecule has 1 aromatic rings. The highest BCUT2D eigenvalue weighted by Gasteiger charge is 2.01. The average Bonchev–Trinajstić information content (AvgIpc) is 2.17. The number of rotatable bonds is 2. The van der Waals surface area contributed by atoms with E-state index < -0.39 is 0 Å². The summed E-state index contributed by atoms with van der Waals surface area (Å²) in [6.07, 6.45) is 5.34. The first-order valence-corrected chi connectivity index (χ1v) is 5.51. The summed E-state index contributed by atoms with van der Waals surface area (Å²) in [4.78, 5) is 8.20. The van der Waals surface area contributed by atoms with Crippen molar-refractivity contribution in [3.05, 3.63) is 22.4 Å². The van der Waals surface area contributed by atoms with Gasteiger partial charge in [0.1, 0.15) is 4.49 Å². The maximum absolute atomic E-state index is 5.62. The Bertz CT molecular complexity index is 317. The van der Waals surface area contributed by atoms with Gasteiger partial charge in [-0.05, 0) is 18.8 Å². The van der Waals surface area contributed by atoms with Crippen LogP contribution in [-0.2, 0) is 0 Å². The van der Waals surface area contributed by atoms with Gasteiger partial charge in [0, 0.05) is 18.0 Å². The summed E-state index contributed by atoms with van der Waals surface area (Å²) in [5.74, 6) is 0. The Morgan fingerprint density at radius 1 is 1.31 bits per heavy atom. The third-order valence-corrected chi connectivity index (χ3v) is 2.67. The monoisotopic (exact) mass is 234 g/mol. The lowest BCUT2D eigenvalue weighted by molar-refractivity contribution is 0.963. The molecule has 0 aromatic carbocycles. The Morgan fingerprint density at radius 2 is 1.85 bits per heavy atom. The lowest BCUT2D eigenvalue weighted by atomic mass is 10.2. The molecule has 0 bridgehead atoms. The van der Waals surface area contributed by atoms with Crippen LogP contribution in [0, 0.1) is 0 Å². The highest BCUT2D eigenvalue weighted by Crippen LogP contribution is 2.22. The first-order chi connectivity index (χ1) is 6.15. The zero-order valence-corrected chi connectivity index (χ0v) is 9.54. The highest BCUT2D eigenvalue weighted by atomic mass is 35.5. The molecule has 0 amide bonds. The molecule has 0 N–H and O–H groups in total. The van der Waals surface area contributed by atoms with E-state index >= 15 is 0 Å². The molecule has 0 aliphatic carbocycles. The van der Waals surface area contributed by atoms with Crippen molar-refractivity contribution >= 4 is 40.5 Å². The predicted molar refractivity (Wildman–Crippen MR) is 58.1 cm³/mol. The number of nitrogens with zero attached hydrogens (tertiary/aromatic N) is 2. The van der Waals surface area contributed by atoms with E-state index in [1.54, 1.807) is 12.4 Å². The minimum Gasteiger partial charge on any atom is -0.231 e. The molecule has 5 heteroatoms. The molecule has 1 rings (SSSR count). The average molecular weight is 235 g/mol. The molecule has 70 valence electrons. The molecule has 0 aliphatic heterocycles. The number of halogens is 2. The van der Waals surface area contributed by atoms with Crippen molar-refractivity contribution in [2.24, 2.45) is 0 Å². The molecule has 0 radical (unpaired) electrons. The van der Waals surface area contributed by atoms with Gasteiger partial charge in [-0.3, -0.25) is 0 Å². The van der Waals surface area contributed by atoms with E-state index in [-0.39, 0.29) is 4.49 Å². The molecular weight excluding hydrogens is 227 g/mol. The van der Waals surface area contributed by atoms with Crippen LogP contribution in [0.3, 0.4) is 0 Å². The standard InChI is InChI=1S/C8H8Cl2N2S/c1-5(7(9)10)6-3-11-8(13-2)12-4-6/h3-4H,1-2H3. The van der Waals surface area contributed by atoms with E-state index in [9.17, 15) is 0 Å². The van der Waals surface area contributed by atoms with Crippen LogP contribution in [0.4, 0.5) is 0 Å². The molecule has 0 fully saturated rings. The summed E-state index contributed by atoms with van der Waals surface area (Å²) in [6, 6.07) is 0. The van der Waals surface area contributed by atoms with Crippen molar-refractivity contribution in [3.63, 3.8) is 0 Å². The van der Waals surface area contributed by atoms with Gasteiger partial charge in [0.15, 0.2) is 5.16 Å². The van der Waals surface area contributed by atoms with E-state index in [4.69, 9.17) is 23.2 Å². The molecule has 0 saturated carbocycles. The highest BCUT2D eigenvalue weighted by molar-refractivity contribution is 7.98. The smallest absolute Gasteiger partial charge is 0.187 e. The number of aromatic nitrogens is 2. The van der Waals surface area contributed by atoms with Crippen LogP contribution < -0.4 is 0 Å². The first-order valence-electron chi connectivity index (χ1n) is 3.53. The number of allylic oxidation sites excluding steroid dienone is 1. The summed E-state index contributed by atoms with van der Waals surface area (Å²) in [5.41, 5.74) is 1.63. The van der Waals surface area contributed by atoms with Crippen LogP contribution in [0.2, 0.25) is 0 Å². The SMILES string of the molecule is CSc1ncc(C(C)=C(Cl)Cl)cn1. The number of hydrogen-bond donors (Lipinski definition) is 0. The van der Waals surface area contributed by atoms with Crippen molar-refractivity contribution in [3.8, 4) is 0 Å². The van der Waals surface area contributed by atoms with Crippen molar-refractivity contribution in [1.29, 1.82) is 0 Å². The Balaban J connectivity index is 2.99. The van der Waals surface area contributed by atoms with E-state index in [0.29, 0.717) is 0 Å². The summed E-state index contributed by atoms with van der Waals surface area (Å²) in [6.45, 7) is 1.83. The molecule has 0 saturated heterocycles. The quantitative estimate of drug-likeness (QED) is 0.580. The molecule has 1 heterocycles. The third kappa shape index (κ3) is 2.86. The topological polar surface area (TPSA) is 25.8 Å². The molecular formula is C8H8Cl2N2S. The maximum atomic E-state index is 5.62. The number of hydrogen-bond acceptors (Lipinski definition) is 3. The molecule has 2 nitrogen and oxygen atoms in total. The van der Waals surface area contributed by atoms with Crippen molar-refractivity contribution in [2.75, 3.05) is 6.26 Å². The van der Waals surface area contributed by atoms with Gasteiger partial charge in [-0.15, -0.1) is 0 Å².